The molecule has 1 saturated carbocycles. The number of anilines is 3. The molecule has 16 nitrogen and oxygen atoms in total. The van der Waals surface area contributed by atoms with Crippen molar-refractivity contribution in [1.29, 1.82) is 0 Å². The van der Waals surface area contributed by atoms with Gasteiger partial charge in [-0.25, -0.2) is 14.4 Å². The van der Waals surface area contributed by atoms with Crippen molar-refractivity contribution in [2.75, 3.05) is 54.7 Å². The van der Waals surface area contributed by atoms with E-state index in [1.165, 1.54) is 0 Å². The number of nitrogens with zero attached hydrogens (tertiary/aromatic N) is 5. The maximum atomic E-state index is 15.3. The summed E-state index contributed by atoms with van der Waals surface area (Å²) in [6.07, 6.45) is 0.300. The molecule has 3 aliphatic rings. The predicted molar refractivity (Wildman–Crippen MR) is 244 cm³/mol. The molecule has 1 aliphatic carbocycles. The Bertz CT molecular complexity index is 2410. The van der Waals surface area contributed by atoms with Crippen molar-refractivity contribution in [2.45, 2.75) is 117 Å². The number of carbonyl (C=O) groups excluding carboxylic acids is 5. The van der Waals surface area contributed by atoms with E-state index in [2.05, 4.69) is 5.16 Å². The van der Waals surface area contributed by atoms with E-state index >= 15 is 4.79 Å². The number of amides is 5. The normalized spacial score (nSPS) is 17.8. The first kappa shape index (κ1) is 46.8. The second-order valence-electron chi connectivity index (χ2n) is 19.8. The molecule has 1 saturated heterocycles. The van der Waals surface area contributed by atoms with Crippen LogP contribution in [0.4, 0.5) is 31.6 Å². The van der Waals surface area contributed by atoms with E-state index in [0.29, 0.717) is 60.6 Å². The lowest BCUT2D eigenvalue weighted by Gasteiger charge is -2.41. The van der Waals surface area contributed by atoms with Crippen LogP contribution in [-0.2, 0) is 28.5 Å². The van der Waals surface area contributed by atoms with Crippen molar-refractivity contribution in [1.82, 2.24) is 10.1 Å². The van der Waals surface area contributed by atoms with Gasteiger partial charge >= 0.3 is 18.3 Å². The number of carbonyl (C=O) groups is 5. The summed E-state index contributed by atoms with van der Waals surface area (Å²) in [4.78, 5) is 75.1. The lowest BCUT2D eigenvalue weighted by Crippen LogP contribution is -2.51. The molecule has 16 heteroatoms. The van der Waals surface area contributed by atoms with E-state index in [0.717, 1.165) is 34.4 Å². The molecule has 0 N–H and O–H groups in total. The summed E-state index contributed by atoms with van der Waals surface area (Å²) in [6.45, 7) is 17.0. The van der Waals surface area contributed by atoms with Gasteiger partial charge in [0.25, 0.3) is 5.91 Å². The lowest BCUT2D eigenvalue weighted by molar-refractivity contribution is -0.124. The first-order valence-electron chi connectivity index (χ1n) is 22.2. The molecule has 2 atom stereocenters. The molecule has 7 rings (SSSR count). The van der Waals surface area contributed by atoms with Crippen molar-refractivity contribution in [3.8, 4) is 16.9 Å². The molecule has 3 heterocycles. The zero-order chi connectivity index (χ0) is 47.0. The molecule has 0 radical (unpaired) electrons. The molecule has 65 heavy (non-hydrogen) atoms. The Morgan fingerprint density at radius 2 is 1.49 bits per heavy atom. The standard InChI is InChI=1S/C49H61N5O11/c1-47(2,3)62-44(57)51-23-21-35(37(28-51)43(56)53(33-16-17-33)34-18-20-40-38(27-34)52(22-12-24-60-10)41(55)29-61-40)32-14-11-13-30(25-32)31-15-19-39-36(26-31)42(50-65-39)54(45(58)63-48(4,5)6)46(59)64-49(7,8)9/h11,13-15,18-20,25-27,33,35,37H,12,16-17,21-24,28-29H2,1-10H3/t35-,37+/m1/s1. The molecular weight excluding hydrogens is 835 g/mol. The van der Waals surface area contributed by atoms with Gasteiger partial charge in [0, 0.05) is 45.1 Å². The van der Waals surface area contributed by atoms with Crippen molar-refractivity contribution in [2.24, 2.45) is 5.92 Å². The average Bonchev–Trinajstić information content (AvgIpc) is 3.98. The number of ether oxygens (including phenoxy) is 5. The van der Waals surface area contributed by atoms with Crippen LogP contribution < -0.4 is 19.4 Å². The number of likely N-dealkylation sites (tertiary alicyclic amines) is 1. The van der Waals surface area contributed by atoms with E-state index in [4.69, 9.17) is 28.2 Å². The smallest absolute Gasteiger partial charge is 0.425 e. The first-order chi connectivity index (χ1) is 30.6. The molecule has 0 bridgehead atoms. The van der Waals surface area contributed by atoms with Gasteiger partial charge in [-0.05, 0) is 141 Å². The Morgan fingerprint density at radius 1 is 0.815 bits per heavy atom. The third-order valence-electron chi connectivity index (χ3n) is 11.1. The van der Waals surface area contributed by atoms with Gasteiger partial charge in [0.05, 0.1) is 17.0 Å². The molecule has 4 aromatic rings. The van der Waals surface area contributed by atoms with Gasteiger partial charge in [0.15, 0.2) is 18.0 Å². The van der Waals surface area contributed by atoms with Gasteiger partial charge in [0.1, 0.15) is 22.6 Å². The van der Waals surface area contributed by atoms with Crippen LogP contribution in [0.25, 0.3) is 22.1 Å². The fraction of sp³-hybridized carbons (Fsp3) is 0.510. The summed E-state index contributed by atoms with van der Waals surface area (Å²) in [5.41, 5.74) is 1.41. The topological polar surface area (TPSA) is 170 Å². The van der Waals surface area contributed by atoms with Gasteiger partial charge in [-0.15, -0.1) is 0 Å². The van der Waals surface area contributed by atoms with Gasteiger partial charge in [-0.3, -0.25) is 9.59 Å². The highest BCUT2D eigenvalue weighted by Crippen LogP contribution is 2.44. The summed E-state index contributed by atoms with van der Waals surface area (Å²) < 4.78 is 33.7. The number of hydrogen-bond acceptors (Lipinski definition) is 12. The zero-order valence-corrected chi connectivity index (χ0v) is 39.1. The molecule has 3 aromatic carbocycles. The Hall–Kier alpha value is -6.16. The second-order valence-corrected chi connectivity index (χ2v) is 19.8. The van der Waals surface area contributed by atoms with E-state index in [-0.39, 0.29) is 42.7 Å². The van der Waals surface area contributed by atoms with Crippen molar-refractivity contribution < 1.29 is 52.2 Å². The Morgan fingerprint density at radius 3 is 2.14 bits per heavy atom. The predicted octanol–water partition coefficient (Wildman–Crippen LogP) is 9.47. The van der Waals surface area contributed by atoms with Crippen LogP contribution in [0, 0.1) is 5.92 Å². The summed E-state index contributed by atoms with van der Waals surface area (Å²) >= 11 is 0. The van der Waals surface area contributed by atoms with Gasteiger partial charge in [-0.2, -0.15) is 4.90 Å². The molecule has 2 aliphatic heterocycles. The van der Waals surface area contributed by atoms with Gasteiger partial charge in [0.2, 0.25) is 5.91 Å². The van der Waals surface area contributed by atoms with E-state index < -0.39 is 41.0 Å². The third-order valence-corrected chi connectivity index (χ3v) is 11.1. The van der Waals surface area contributed by atoms with Crippen molar-refractivity contribution >= 4 is 58.3 Å². The Labute approximate surface area is 380 Å². The maximum Gasteiger partial charge on any atom is 0.425 e. The van der Waals surface area contributed by atoms with E-state index in [1.54, 1.807) is 70.6 Å². The summed E-state index contributed by atoms with van der Waals surface area (Å²) in [5, 5.41) is 4.51. The number of fused-ring (bicyclic) bond motifs is 2. The molecule has 0 spiro atoms. The minimum Gasteiger partial charge on any atom is -0.482 e. The Kier molecular flexibility index (Phi) is 13.2. The first-order valence-corrected chi connectivity index (χ1v) is 22.2. The zero-order valence-electron chi connectivity index (χ0n) is 39.1. The van der Waals surface area contributed by atoms with Crippen molar-refractivity contribution in [3.63, 3.8) is 0 Å². The second kappa shape index (κ2) is 18.4. The SMILES string of the molecule is COCCCN1C(=O)COc2ccc(N(C(=O)[C@H]3CN(C(=O)OC(C)(C)C)CC[C@@H]3c3cccc(-c4ccc5onc(N(C(=O)OC(C)(C)C)C(=O)OC(C)(C)C)c5c4)c3)C3CC3)cc21. The van der Waals surface area contributed by atoms with Gasteiger partial charge in [-0.1, -0.05) is 35.5 Å². The molecule has 1 aromatic heterocycles. The van der Waals surface area contributed by atoms with Crippen LogP contribution in [0.3, 0.4) is 0 Å². The highest BCUT2D eigenvalue weighted by molar-refractivity contribution is 6.13. The fourth-order valence-corrected chi connectivity index (χ4v) is 8.15. The molecular formula is C49H61N5O11. The molecule has 348 valence electrons. The van der Waals surface area contributed by atoms with Crippen LogP contribution in [0.1, 0.15) is 99.5 Å². The number of hydrogen-bond donors (Lipinski definition) is 0. The van der Waals surface area contributed by atoms with Crippen LogP contribution in [-0.4, -0.2) is 103 Å². The summed E-state index contributed by atoms with van der Waals surface area (Å²) in [7, 11) is 1.62. The Balaban J connectivity index is 1.25. The number of methoxy groups -OCH3 is 1. The van der Waals surface area contributed by atoms with Crippen LogP contribution >= 0.6 is 0 Å². The number of piperidine rings is 1. The minimum atomic E-state index is -0.973. The van der Waals surface area contributed by atoms with E-state index in [1.807, 2.05) is 74.2 Å². The molecule has 5 amide bonds. The largest absolute Gasteiger partial charge is 0.482 e. The molecule has 2 fully saturated rings. The minimum absolute atomic E-state index is 0.0583. The quantitative estimate of drug-likeness (QED) is 0.109. The highest BCUT2D eigenvalue weighted by atomic mass is 16.6. The fourth-order valence-electron chi connectivity index (χ4n) is 8.15. The maximum absolute atomic E-state index is 15.3. The lowest BCUT2D eigenvalue weighted by atomic mass is 9.78. The number of aromatic nitrogens is 1. The van der Waals surface area contributed by atoms with E-state index in [9.17, 15) is 19.2 Å². The summed E-state index contributed by atoms with van der Waals surface area (Å²) in [5.74, 6) is -0.792. The van der Waals surface area contributed by atoms with Gasteiger partial charge < -0.3 is 42.9 Å². The summed E-state index contributed by atoms with van der Waals surface area (Å²) in [6, 6.07) is 18.7. The average molecular weight is 896 g/mol. The third kappa shape index (κ3) is 11.0. The van der Waals surface area contributed by atoms with Crippen LogP contribution in [0.5, 0.6) is 5.75 Å². The van der Waals surface area contributed by atoms with Crippen LogP contribution in [0.2, 0.25) is 0 Å². The number of benzene rings is 3. The van der Waals surface area contributed by atoms with Crippen molar-refractivity contribution in [3.05, 3.63) is 66.2 Å². The highest BCUT2D eigenvalue weighted by Gasteiger charge is 2.45. The van der Waals surface area contributed by atoms with Crippen LogP contribution in [0.15, 0.2) is 65.2 Å². The number of rotatable bonds is 10. The monoisotopic (exact) mass is 895 g/mol. The molecule has 0 unspecified atom stereocenters. The number of imide groups is 1.